The summed E-state index contributed by atoms with van der Waals surface area (Å²) in [6.07, 6.45) is -3.85. The lowest BCUT2D eigenvalue weighted by Gasteiger charge is -2.12. The molecule has 13 heteroatoms. The van der Waals surface area contributed by atoms with Crippen LogP contribution in [0.4, 0.5) is 13.2 Å². The highest BCUT2D eigenvalue weighted by Crippen LogP contribution is 2.34. The molecule has 3 rings (SSSR count). The summed E-state index contributed by atoms with van der Waals surface area (Å²) in [5, 5.41) is 17.3. The van der Waals surface area contributed by atoms with Gasteiger partial charge in [-0.3, -0.25) is 25.2 Å². The highest BCUT2D eigenvalue weighted by Gasteiger charge is 2.34. The maximum absolute atomic E-state index is 13.2. The van der Waals surface area contributed by atoms with E-state index in [1.54, 1.807) is 0 Å². The Morgan fingerprint density at radius 3 is 2.37 bits per heavy atom. The number of rotatable bonds is 3. The van der Waals surface area contributed by atoms with Crippen molar-refractivity contribution in [2.45, 2.75) is 6.18 Å². The van der Waals surface area contributed by atoms with Crippen LogP contribution in [0.3, 0.4) is 0 Å². The number of alkyl halides is 3. The first-order chi connectivity index (χ1) is 14.1. The van der Waals surface area contributed by atoms with Gasteiger partial charge in [0.05, 0.1) is 17.4 Å². The van der Waals surface area contributed by atoms with E-state index in [0.29, 0.717) is 4.68 Å². The molecule has 3 N–H and O–H groups in total. The minimum Gasteiger partial charge on any atom is -0.504 e. The van der Waals surface area contributed by atoms with Gasteiger partial charge in [0.1, 0.15) is 0 Å². The number of carbonyl (C=O) groups excluding carboxylic acids is 2. The summed E-state index contributed by atoms with van der Waals surface area (Å²) in [5.41, 5.74) is 1.27. The third-order valence-electron chi connectivity index (χ3n) is 3.85. The number of aromatic nitrogens is 4. The van der Waals surface area contributed by atoms with E-state index in [-0.39, 0.29) is 5.69 Å². The lowest BCUT2D eigenvalue weighted by molar-refractivity contribution is -0.137. The van der Waals surface area contributed by atoms with Gasteiger partial charge < -0.3 is 5.11 Å². The van der Waals surface area contributed by atoms with E-state index in [2.05, 4.69) is 10.2 Å². The fraction of sp³-hybridized carbons (Fsp3) is 0.118. The van der Waals surface area contributed by atoms with Crippen molar-refractivity contribution < 1.29 is 27.9 Å². The average Bonchev–Trinajstić information content (AvgIpc) is 3.09. The Morgan fingerprint density at radius 1 is 1.03 bits per heavy atom. The Bertz CT molecular complexity index is 1180. The third kappa shape index (κ3) is 4.14. The van der Waals surface area contributed by atoms with E-state index in [9.17, 15) is 32.7 Å². The van der Waals surface area contributed by atoms with E-state index in [1.807, 2.05) is 10.9 Å². The molecule has 3 aromatic rings. The number of hydrogen-bond acceptors (Lipinski definition) is 6. The van der Waals surface area contributed by atoms with Gasteiger partial charge in [-0.1, -0.05) is 12.1 Å². The van der Waals surface area contributed by atoms with Gasteiger partial charge in [0, 0.05) is 13.1 Å². The van der Waals surface area contributed by atoms with Crippen molar-refractivity contribution in [3.63, 3.8) is 0 Å². The number of nitrogens with zero attached hydrogens (tertiary/aromatic N) is 4. The smallest absolute Gasteiger partial charge is 0.418 e. The first-order valence-corrected chi connectivity index (χ1v) is 8.18. The zero-order chi connectivity index (χ0) is 22.1. The highest BCUT2D eigenvalue weighted by atomic mass is 19.4. The zero-order valence-electron chi connectivity index (χ0n) is 15.1. The molecule has 0 bridgehead atoms. The van der Waals surface area contributed by atoms with Gasteiger partial charge in [-0.2, -0.15) is 23.4 Å². The summed E-state index contributed by atoms with van der Waals surface area (Å²) in [7, 11) is 1.32. The second-order valence-electron chi connectivity index (χ2n) is 5.91. The van der Waals surface area contributed by atoms with Crippen molar-refractivity contribution in [1.82, 2.24) is 30.4 Å². The van der Waals surface area contributed by atoms with Crippen molar-refractivity contribution >= 4 is 11.8 Å². The Balaban J connectivity index is 1.79. The van der Waals surface area contributed by atoms with E-state index in [1.165, 1.54) is 19.2 Å². The number of para-hydroxylation sites is 1. The van der Waals surface area contributed by atoms with Crippen LogP contribution in [0.25, 0.3) is 5.69 Å². The molecule has 2 aromatic heterocycles. The molecule has 1 aromatic carbocycles. The van der Waals surface area contributed by atoms with Crippen LogP contribution in [-0.4, -0.2) is 36.5 Å². The van der Waals surface area contributed by atoms with Crippen molar-refractivity contribution in [3.05, 3.63) is 69.9 Å². The molecule has 0 fully saturated rings. The molecule has 0 spiro atoms. The van der Waals surface area contributed by atoms with Gasteiger partial charge in [0.15, 0.2) is 17.1 Å². The predicted octanol–water partition coefficient (Wildman–Crippen LogP) is 0.765. The molecule has 0 radical (unpaired) electrons. The summed E-state index contributed by atoms with van der Waals surface area (Å²) in [4.78, 5) is 35.5. The number of halogens is 3. The molecule has 0 saturated carbocycles. The third-order valence-corrected chi connectivity index (χ3v) is 3.85. The number of nitrogens with one attached hydrogen (secondary N) is 2. The largest absolute Gasteiger partial charge is 0.504 e. The number of benzene rings is 1. The second kappa shape index (κ2) is 7.69. The van der Waals surface area contributed by atoms with Gasteiger partial charge in [-0.05, 0) is 18.2 Å². The monoisotopic (exact) mass is 422 g/mol. The van der Waals surface area contributed by atoms with Crippen LogP contribution in [0.5, 0.6) is 5.75 Å². The fourth-order valence-corrected chi connectivity index (χ4v) is 2.42. The minimum atomic E-state index is -4.68. The quantitative estimate of drug-likeness (QED) is 0.535. The van der Waals surface area contributed by atoms with Crippen LogP contribution in [0.15, 0.2) is 47.4 Å². The van der Waals surface area contributed by atoms with Crippen LogP contribution in [-0.2, 0) is 13.2 Å². The van der Waals surface area contributed by atoms with Gasteiger partial charge in [-0.15, -0.1) is 0 Å². The number of aromatic hydroxyl groups is 1. The molecule has 0 atom stereocenters. The van der Waals surface area contributed by atoms with Gasteiger partial charge in [-0.25, -0.2) is 9.36 Å². The molecule has 30 heavy (non-hydrogen) atoms. The molecule has 0 saturated heterocycles. The van der Waals surface area contributed by atoms with Crippen LogP contribution in [0.1, 0.15) is 26.5 Å². The summed E-state index contributed by atoms with van der Waals surface area (Å²) in [6, 6.07) is 6.69. The number of amides is 2. The van der Waals surface area contributed by atoms with Crippen LogP contribution in [0.2, 0.25) is 0 Å². The molecular weight excluding hydrogens is 409 g/mol. The lowest BCUT2D eigenvalue weighted by Crippen LogP contribution is -2.42. The molecule has 0 aliphatic rings. The zero-order valence-corrected chi connectivity index (χ0v) is 15.1. The summed E-state index contributed by atoms with van der Waals surface area (Å²) in [6.45, 7) is 0. The van der Waals surface area contributed by atoms with Crippen LogP contribution >= 0.6 is 0 Å². The molecule has 0 aliphatic heterocycles. The Morgan fingerprint density at radius 2 is 1.70 bits per heavy atom. The normalized spacial score (nSPS) is 11.2. The van der Waals surface area contributed by atoms with Crippen molar-refractivity contribution in [2.24, 2.45) is 7.05 Å². The van der Waals surface area contributed by atoms with E-state index in [4.69, 9.17) is 0 Å². The lowest BCUT2D eigenvalue weighted by atomic mass is 10.2. The first kappa shape index (κ1) is 20.6. The summed E-state index contributed by atoms with van der Waals surface area (Å²) in [5.74, 6) is -2.67. The van der Waals surface area contributed by atoms with Gasteiger partial charge in [0.2, 0.25) is 0 Å². The fourth-order valence-electron chi connectivity index (χ4n) is 2.42. The van der Waals surface area contributed by atoms with Crippen molar-refractivity contribution in [2.75, 3.05) is 0 Å². The number of hydrogen-bond donors (Lipinski definition) is 3. The molecule has 0 aliphatic carbocycles. The standard InChI is InChI=1S/C17H13F3N6O4/c1-25-13(28)7-6-10(23-25)15(29)21-22-16(30)14-12(27)8-26(24-14)11-5-3-2-4-9(11)17(18,19)20/h2-8,27H,1H3,(H,21,29)(H,22,30). The molecule has 2 heterocycles. The predicted molar refractivity (Wildman–Crippen MR) is 94.6 cm³/mol. The average molecular weight is 422 g/mol. The maximum Gasteiger partial charge on any atom is 0.418 e. The van der Waals surface area contributed by atoms with E-state index in [0.717, 1.165) is 35.1 Å². The van der Waals surface area contributed by atoms with E-state index >= 15 is 0 Å². The second-order valence-corrected chi connectivity index (χ2v) is 5.91. The number of hydrazine groups is 1. The Labute approximate surface area is 165 Å². The highest BCUT2D eigenvalue weighted by molar-refractivity contribution is 5.98. The topological polar surface area (TPSA) is 131 Å². The molecule has 0 unspecified atom stereocenters. The number of aryl methyl sites for hydroxylation is 1. The molecule has 10 nitrogen and oxygen atoms in total. The molecular formula is C17H13F3N6O4. The van der Waals surface area contributed by atoms with Crippen LogP contribution in [0, 0.1) is 0 Å². The molecule has 156 valence electrons. The number of carbonyl (C=O) groups is 2. The van der Waals surface area contributed by atoms with Crippen molar-refractivity contribution in [3.8, 4) is 11.4 Å². The first-order valence-electron chi connectivity index (χ1n) is 8.18. The van der Waals surface area contributed by atoms with Crippen molar-refractivity contribution in [1.29, 1.82) is 0 Å². The maximum atomic E-state index is 13.2. The Hall–Kier alpha value is -4.16. The minimum absolute atomic E-state index is 0.189. The van der Waals surface area contributed by atoms with Gasteiger partial charge in [0.25, 0.3) is 17.4 Å². The summed E-state index contributed by atoms with van der Waals surface area (Å²) >= 11 is 0. The SMILES string of the molecule is Cn1nc(C(=O)NNC(=O)c2nn(-c3ccccc3C(F)(F)F)cc2O)ccc1=O. The van der Waals surface area contributed by atoms with Gasteiger partial charge >= 0.3 is 6.18 Å². The molecule has 2 amide bonds. The summed E-state index contributed by atoms with van der Waals surface area (Å²) < 4.78 is 41.1. The van der Waals surface area contributed by atoms with E-state index < -0.39 is 46.2 Å². The Kier molecular flexibility index (Phi) is 5.27. The van der Waals surface area contributed by atoms with Crippen LogP contribution < -0.4 is 16.4 Å².